The molecule has 0 unspecified atom stereocenters. The SMILES string of the molecule is O=C(O)C1(S(=O)(=O)c2cc(Br)ccc2Br)CC1. The fraction of sp³-hybridized carbons (Fsp3) is 0.300. The molecule has 0 heterocycles. The van der Waals surface area contributed by atoms with Crippen LogP contribution in [0.3, 0.4) is 0 Å². The van der Waals surface area contributed by atoms with E-state index in [1.807, 2.05) is 0 Å². The second-order valence-corrected chi connectivity index (χ2v) is 7.88. The average molecular weight is 384 g/mol. The Morgan fingerprint density at radius 3 is 2.35 bits per heavy atom. The highest BCUT2D eigenvalue weighted by atomic mass is 79.9. The summed E-state index contributed by atoms with van der Waals surface area (Å²) < 4.78 is 24.0. The second kappa shape index (κ2) is 4.07. The molecule has 0 spiro atoms. The molecule has 1 N–H and O–H groups in total. The molecule has 92 valence electrons. The van der Waals surface area contributed by atoms with Crippen LogP contribution >= 0.6 is 31.9 Å². The molecule has 1 aliphatic carbocycles. The van der Waals surface area contributed by atoms with Gasteiger partial charge in [0.25, 0.3) is 0 Å². The van der Waals surface area contributed by atoms with Crippen molar-refractivity contribution < 1.29 is 18.3 Å². The van der Waals surface area contributed by atoms with Crippen LogP contribution in [0.25, 0.3) is 0 Å². The van der Waals surface area contributed by atoms with Crippen molar-refractivity contribution in [2.75, 3.05) is 0 Å². The van der Waals surface area contributed by atoms with Gasteiger partial charge >= 0.3 is 5.97 Å². The van der Waals surface area contributed by atoms with E-state index in [1.165, 1.54) is 6.07 Å². The molecule has 0 aliphatic heterocycles. The van der Waals surface area contributed by atoms with E-state index >= 15 is 0 Å². The third kappa shape index (κ3) is 1.94. The Balaban J connectivity index is 2.61. The Labute approximate surface area is 115 Å². The van der Waals surface area contributed by atoms with Crippen molar-refractivity contribution in [3.05, 3.63) is 27.1 Å². The fourth-order valence-corrected chi connectivity index (χ4v) is 4.90. The minimum absolute atomic E-state index is 0.0202. The molecule has 4 nitrogen and oxygen atoms in total. The summed E-state index contributed by atoms with van der Waals surface area (Å²) in [5.74, 6) is -1.27. The number of sulfone groups is 1. The zero-order valence-electron chi connectivity index (χ0n) is 8.48. The van der Waals surface area contributed by atoms with E-state index in [0.29, 0.717) is 8.95 Å². The van der Waals surface area contributed by atoms with E-state index in [-0.39, 0.29) is 17.7 Å². The summed E-state index contributed by atoms with van der Waals surface area (Å²) in [7, 11) is -3.86. The van der Waals surface area contributed by atoms with Crippen LogP contribution in [0.4, 0.5) is 0 Å². The van der Waals surface area contributed by atoms with E-state index in [9.17, 15) is 13.2 Å². The second-order valence-electron chi connectivity index (χ2n) is 3.88. The van der Waals surface area contributed by atoms with Crippen molar-refractivity contribution >= 4 is 47.7 Å². The first kappa shape index (κ1) is 13.0. The van der Waals surface area contributed by atoms with E-state index in [2.05, 4.69) is 31.9 Å². The van der Waals surface area contributed by atoms with Gasteiger partial charge in [-0.1, -0.05) is 15.9 Å². The third-order valence-corrected chi connectivity index (χ3v) is 6.77. The number of hydrogen-bond acceptors (Lipinski definition) is 3. The molecule has 0 amide bonds. The minimum Gasteiger partial charge on any atom is -0.480 e. The summed E-state index contributed by atoms with van der Waals surface area (Å²) in [6.45, 7) is 0. The van der Waals surface area contributed by atoms with Crippen molar-refractivity contribution in [3.8, 4) is 0 Å². The van der Waals surface area contributed by atoms with Gasteiger partial charge in [0.15, 0.2) is 14.6 Å². The Bertz CT molecular complexity index is 590. The van der Waals surface area contributed by atoms with Gasteiger partial charge in [-0.3, -0.25) is 4.79 Å². The van der Waals surface area contributed by atoms with Crippen molar-refractivity contribution in [1.29, 1.82) is 0 Å². The molecular weight excluding hydrogens is 376 g/mol. The number of rotatable bonds is 3. The summed E-state index contributed by atoms with van der Waals surface area (Å²) in [6.07, 6.45) is 0.341. The molecule has 0 atom stereocenters. The molecule has 7 heteroatoms. The van der Waals surface area contributed by atoms with Gasteiger partial charge < -0.3 is 5.11 Å². The Kier molecular flexibility index (Phi) is 3.12. The molecular formula is C10H8Br2O4S. The zero-order valence-corrected chi connectivity index (χ0v) is 12.5. The van der Waals surface area contributed by atoms with Crippen molar-refractivity contribution in [3.63, 3.8) is 0 Å². The first-order chi connectivity index (χ1) is 7.81. The Morgan fingerprint density at radius 2 is 1.88 bits per heavy atom. The first-order valence-electron chi connectivity index (χ1n) is 4.74. The molecule has 0 bridgehead atoms. The van der Waals surface area contributed by atoms with Crippen LogP contribution in [0.2, 0.25) is 0 Å². The van der Waals surface area contributed by atoms with E-state index in [1.54, 1.807) is 12.1 Å². The van der Waals surface area contributed by atoms with Crippen molar-refractivity contribution in [2.45, 2.75) is 22.5 Å². The van der Waals surface area contributed by atoms with E-state index in [4.69, 9.17) is 5.11 Å². The third-order valence-electron chi connectivity index (χ3n) is 2.79. The lowest BCUT2D eigenvalue weighted by Gasteiger charge is -2.13. The van der Waals surface area contributed by atoms with Crippen LogP contribution in [0.5, 0.6) is 0 Å². The first-order valence-corrected chi connectivity index (χ1v) is 7.81. The quantitative estimate of drug-likeness (QED) is 0.870. The predicted molar refractivity (Wildman–Crippen MR) is 68.6 cm³/mol. The van der Waals surface area contributed by atoms with Gasteiger partial charge in [0.1, 0.15) is 0 Å². The topological polar surface area (TPSA) is 71.4 Å². The number of halogens is 2. The fourth-order valence-electron chi connectivity index (χ4n) is 1.60. The number of hydrogen-bond donors (Lipinski definition) is 1. The maximum absolute atomic E-state index is 12.3. The number of carboxylic acid groups (broad SMARTS) is 1. The lowest BCUT2D eigenvalue weighted by molar-refractivity contribution is -0.137. The normalized spacial score (nSPS) is 17.8. The van der Waals surface area contributed by atoms with Gasteiger partial charge in [0, 0.05) is 8.95 Å². The molecule has 1 aromatic carbocycles. The minimum atomic E-state index is -3.86. The average Bonchev–Trinajstić information content (AvgIpc) is 3.02. The summed E-state index contributed by atoms with van der Waals surface area (Å²) >= 11 is 6.32. The van der Waals surface area contributed by atoms with Crippen LogP contribution in [0.15, 0.2) is 32.0 Å². The zero-order chi connectivity index (χ0) is 12.8. The van der Waals surface area contributed by atoms with Crippen molar-refractivity contribution in [1.82, 2.24) is 0 Å². The largest absolute Gasteiger partial charge is 0.480 e. The standard InChI is InChI=1S/C10H8Br2O4S/c11-6-1-2-7(12)8(5-6)17(15,16)10(3-4-10)9(13)14/h1-2,5H,3-4H2,(H,13,14). The highest BCUT2D eigenvalue weighted by molar-refractivity contribution is 9.11. The lowest BCUT2D eigenvalue weighted by atomic mass is 10.4. The number of benzene rings is 1. The van der Waals surface area contributed by atoms with Crippen LogP contribution in [-0.2, 0) is 14.6 Å². The molecule has 1 fully saturated rings. The molecule has 0 saturated heterocycles. The van der Waals surface area contributed by atoms with Gasteiger partial charge in [-0.2, -0.15) is 0 Å². The predicted octanol–water partition coefficient (Wildman–Crippen LogP) is 2.60. The maximum Gasteiger partial charge on any atom is 0.325 e. The Hall–Kier alpha value is -0.400. The van der Waals surface area contributed by atoms with Crippen LogP contribution in [0.1, 0.15) is 12.8 Å². The molecule has 1 aromatic rings. The number of carbonyl (C=O) groups is 1. The van der Waals surface area contributed by atoms with Gasteiger partial charge in [-0.05, 0) is 47.0 Å². The summed E-state index contributed by atoms with van der Waals surface area (Å²) in [4.78, 5) is 11.1. The van der Waals surface area contributed by atoms with Crippen molar-refractivity contribution in [2.24, 2.45) is 0 Å². The molecule has 2 rings (SSSR count). The smallest absolute Gasteiger partial charge is 0.325 e. The van der Waals surface area contributed by atoms with Gasteiger partial charge in [-0.25, -0.2) is 8.42 Å². The molecule has 0 aromatic heterocycles. The number of aliphatic carboxylic acids is 1. The van der Waals surface area contributed by atoms with E-state index in [0.717, 1.165) is 0 Å². The molecule has 1 saturated carbocycles. The van der Waals surface area contributed by atoms with Crippen LogP contribution in [0, 0.1) is 0 Å². The van der Waals surface area contributed by atoms with Crippen LogP contribution < -0.4 is 0 Å². The highest BCUT2D eigenvalue weighted by Gasteiger charge is 2.62. The summed E-state index contributed by atoms with van der Waals surface area (Å²) in [5, 5.41) is 9.05. The van der Waals surface area contributed by atoms with Gasteiger partial charge in [0.05, 0.1) is 4.90 Å². The van der Waals surface area contributed by atoms with E-state index < -0.39 is 20.6 Å². The number of carboxylic acids is 1. The Morgan fingerprint density at radius 1 is 1.29 bits per heavy atom. The monoisotopic (exact) mass is 382 g/mol. The molecule has 17 heavy (non-hydrogen) atoms. The molecule has 1 aliphatic rings. The summed E-state index contributed by atoms with van der Waals surface area (Å²) in [5.41, 5.74) is 0. The van der Waals surface area contributed by atoms with Gasteiger partial charge in [-0.15, -0.1) is 0 Å². The van der Waals surface area contributed by atoms with Crippen LogP contribution in [-0.4, -0.2) is 24.2 Å². The molecule has 0 radical (unpaired) electrons. The maximum atomic E-state index is 12.3. The lowest BCUT2D eigenvalue weighted by Crippen LogP contribution is -2.32. The van der Waals surface area contributed by atoms with Gasteiger partial charge in [0.2, 0.25) is 0 Å². The summed E-state index contributed by atoms with van der Waals surface area (Å²) in [6, 6.07) is 4.68. The highest BCUT2D eigenvalue weighted by Crippen LogP contribution is 2.48.